The second-order valence-electron chi connectivity index (χ2n) is 3.21. The summed E-state index contributed by atoms with van der Waals surface area (Å²) in [6.45, 7) is 0. The number of rotatable bonds is 0. The van der Waals surface area contributed by atoms with E-state index in [4.69, 9.17) is 0 Å². The lowest BCUT2D eigenvalue weighted by Crippen LogP contribution is -1.72. The molecule has 0 aliphatic heterocycles. The van der Waals surface area contributed by atoms with Gasteiger partial charge < -0.3 is 4.98 Å². The SMILES string of the molecule is Fc1ccc2c(c1)[nH]c1ncccc12. The second-order valence-corrected chi connectivity index (χ2v) is 3.21. The Morgan fingerprint density at radius 1 is 1.14 bits per heavy atom. The third kappa shape index (κ3) is 0.923. The molecule has 3 aromatic rings. The molecular formula is C11H7FN2. The molecule has 0 spiro atoms. The zero-order valence-corrected chi connectivity index (χ0v) is 7.29. The van der Waals surface area contributed by atoms with E-state index in [2.05, 4.69) is 9.97 Å². The van der Waals surface area contributed by atoms with Crippen LogP contribution < -0.4 is 0 Å². The first-order valence-corrected chi connectivity index (χ1v) is 4.36. The molecular weight excluding hydrogens is 179 g/mol. The van der Waals surface area contributed by atoms with E-state index in [1.54, 1.807) is 12.3 Å². The molecule has 0 unspecified atom stereocenters. The van der Waals surface area contributed by atoms with Crippen LogP contribution in [0.4, 0.5) is 4.39 Å². The number of H-pyrrole nitrogens is 1. The fourth-order valence-electron chi connectivity index (χ4n) is 1.70. The van der Waals surface area contributed by atoms with Crippen LogP contribution in [0, 0.1) is 5.82 Å². The van der Waals surface area contributed by atoms with Gasteiger partial charge in [-0.3, -0.25) is 0 Å². The highest BCUT2D eigenvalue weighted by molar-refractivity contribution is 6.05. The highest BCUT2D eigenvalue weighted by Gasteiger charge is 2.04. The zero-order valence-electron chi connectivity index (χ0n) is 7.29. The molecule has 1 aromatic carbocycles. The van der Waals surface area contributed by atoms with Crippen LogP contribution in [0.2, 0.25) is 0 Å². The van der Waals surface area contributed by atoms with Gasteiger partial charge in [0.05, 0.1) is 5.52 Å². The summed E-state index contributed by atoms with van der Waals surface area (Å²) in [6, 6.07) is 8.56. The van der Waals surface area contributed by atoms with E-state index < -0.39 is 0 Å². The van der Waals surface area contributed by atoms with Crippen molar-refractivity contribution in [3.63, 3.8) is 0 Å². The smallest absolute Gasteiger partial charge is 0.138 e. The van der Waals surface area contributed by atoms with Gasteiger partial charge in [0.25, 0.3) is 0 Å². The van der Waals surface area contributed by atoms with Crippen molar-refractivity contribution in [2.45, 2.75) is 0 Å². The second kappa shape index (κ2) is 2.54. The lowest BCUT2D eigenvalue weighted by Gasteiger charge is -1.89. The number of aromatic amines is 1. The van der Waals surface area contributed by atoms with Gasteiger partial charge in [-0.1, -0.05) is 0 Å². The largest absolute Gasteiger partial charge is 0.339 e. The summed E-state index contributed by atoms with van der Waals surface area (Å²) in [7, 11) is 0. The van der Waals surface area contributed by atoms with Gasteiger partial charge in [-0.2, -0.15) is 0 Å². The molecule has 0 atom stereocenters. The Bertz CT molecular complexity index is 613. The Balaban J connectivity index is 2.57. The minimum absolute atomic E-state index is 0.232. The van der Waals surface area contributed by atoms with Crippen molar-refractivity contribution < 1.29 is 4.39 Å². The van der Waals surface area contributed by atoms with Crippen LogP contribution in [0.15, 0.2) is 36.5 Å². The molecule has 0 saturated heterocycles. The van der Waals surface area contributed by atoms with Crippen molar-refractivity contribution >= 4 is 21.9 Å². The van der Waals surface area contributed by atoms with E-state index in [9.17, 15) is 4.39 Å². The quantitative estimate of drug-likeness (QED) is 0.574. The van der Waals surface area contributed by atoms with Gasteiger partial charge in [0.2, 0.25) is 0 Å². The summed E-state index contributed by atoms with van der Waals surface area (Å²) in [5.74, 6) is -0.232. The molecule has 0 fully saturated rings. The van der Waals surface area contributed by atoms with Crippen molar-refractivity contribution in [3.05, 3.63) is 42.3 Å². The number of nitrogens with one attached hydrogen (secondary N) is 1. The van der Waals surface area contributed by atoms with E-state index in [-0.39, 0.29) is 5.82 Å². The van der Waals surface area contributed by atoms with E-state index in [0.717, 1.165) is 21.9 Å². The van der Waals surface area contributed by atoms with Gasteiger partial charge in [-0.05, 0) is 30.3 Å². The Hall–Kier alpha value is -1.90. The molecule has 0 saturated carbocycles. The summed E-state index contributed by atoms with van der Waals surface area (Å²) < 4.78 is 12.9. The molecule has 1 N–H and O–H groups in total. The molecule has 0 radical (unpaired) electrons. The Kier molecular flexibility index (Phi) is 1.36. The van der Waals surface area contributed by atoms with Gasteiger partial charge in [-0.25, -0.2) is 9.37 Å². The molecule has 0 amide bonds. The first-order chi connectivity index (χ1) is 6.84. The summed E-state index contributed by atoms with van der Waals surface area (Å²) in [5, 5.41) is 2.04. The molecule has 68 valence electrons. The van der Waals surface area contributed by atoms with Crippen molar-refractivity contribution in [2.24, 2.45) is 0 Å². The van der Waals surface area contributed by atoms with Gasteiger partial charge >= 0.3 is 0 Å². The lowest BCUT2D eigenvalue weighted by atomic mass is 10.2. The average molecular weight is 186 g/mol. The highest BCUT2D eigenvalue weighted by atomic mass is 19.1. The summed E-state index contributed by atoms with van der Waals surface area (Å²) in [5.41, 5.74) is 1.59. The van der Waals surface area contributed by atoms with Crippen LogP contribution in [0.3, 0.4) is 0 Å². The van der Waals surface area contributed by atoms with Crippen molar-refractivity contribution in [1.82, 2.24) is 9.97 Å². The number of hydrogen-bond acceptors (Lipinski definition) is 1. The number of pyridine rings is 1. The monoisotopic (exact) mass is 186 g/mol. The van der Waals surface area contributed by atoms with Gasteiger partial charge in [0.15, 0.2) is 0 Å². The van der Waals surface area contributed by atoms with Crippen LogP contribution >= 0.6 is 0 Å². The van der Waals surface area contributed by atoms with E-state index in [1.165, 1.54) is 12.1 Å². The number of aromatic nitrogens is 2. The number of fused-ring (bicyclic) bond motifs is 3. The number of nitrogens with zero attached hydrogens (tertiary/aromatic N) is 1. The Labute approximate surface area is 79.4 Å². The standard InChI is InChI=1S/C11H7FN2/c12-7-3-4-8-9-2-1-5-13-11(9)14-10(8)6-7/h1-6H,(H,13,14). The van der Waals surface area contributed by atoms with Crippen LogP contribution in [0.25, 0.3) is 21.9 Å². The normalized spacial score (nSPS) is 11.2. The predicted molar refractivity (Wildman–Crippen MR) is 53.6 cm³/mol. The van der Waals surface area contributed by atoms with E-state index >= 15 is 0 Å². The first-order valence-electron chi connectivity index (χ1n) is 4.36. The van der Waals surface area contributed by atoms with Gasteiger partial charge in [0.1, 0.15) is 11.5 Å². The van der Waals surface area contributed by atoms with E-state index in [0.29, 0.717) is 0 Å². The fraction of sp³-hybridized carbons (Fsp3) is 0. The fourth-order valence-corrected chi connectivity index (χ4v) is 1.70. The Morgan fingerprint density at radius 2 is 2.07 bits per heavy atom. The summed E-state index contributed by atoms with van der Waals surface area (Å²) in [4.78, 5) is 7.24. The predicted octanol–water partition coefficient (Wildman–Crippen LogP) is 2.86. The minimum Gasteiger partial charge on any atom is -0.339 e. The van der Waals surface area contributed by atoms with Crippen molar-refractivity contribution in [1.29, 1.82) is 0 Å². The molecule has 0 aliphatic carbocycles. The summed E-state index contributed by atoms with van der Waals surface area (Å²) in [6.07, 6.45) is 1.72. The van der Waals surface area contributed by atoms with Crippen LogP contribution in [0.5, 0.6) is 0 Å². The average Bonchev–Trinajstić information content (AvgIpc) is 2.54. The maximum atomic E-state index is 12.9. The number of hydrogen-bond donors (Lipinski definition) is 1. The van der Waals surface area contributed by atoms with Crippen molar-refractivity contribution in [3.8, 4) is 0 Å². The molecule has 2 heterocycles. The Morgan fingerprint density at radius 3 is 3.00 bits per heavy atom. The molecule has 2 nitrogen and oxygen atoms in total. The molecule has 3 heteroatoms. The summed E-state index contributed by atoms with van der Waals surface area (Å²) >= 11 is 0. The molecule has 0 aliphatic rings. The minimum atomic E-state index is -0.232. The van der Waals surface area contributed by atoms with Crippen LogP contribution in [-0.4, -0.2) is 9.97 Å². The number of benzene rings is 1. The maximum absolute atomic E-state index is 12.9. The zero-order chi connectivity index (χ0) is 9.54. The third-order valence-corrected chi connectivity index (χ3v) is 2.33. The first kappa shape index (κ1) is 7.50. The highest BCUT2D eigenvalue weighted by Crippen LogP contribution is 2.23. The van der Waals surface area contributed by atoms with Crippen LogP contribution in [0.1, 0.15) is 0 Å². The van der Waals surface area contributed by atoms with Gasteiger partial charge in [0, 0.05) is 17.0 Å². The molecule has 14 heavy (non-hydrogen) atoms. The molecule has 3 rings (SSSR count). The third-order valence-electron chi connectivity index (χ3n) is 2.33. The van der Waals surface area contributed by atoms with Crippen LogP contribution in [-0.2, 0) is 0 Å². The molecule has 2 aromatic heterocycles. The van der Waals surface area contributed by atoms with Crippen molar-refractivity contribution in [2.75, 3.05) is 0 Å². The van der Waals surface area contributed by atoms with E-state index in [1.807, 2.05) is 12.1 Å². The molecule has 0 bridgehead atoms. The lowest BCUT2D eigenvalue weighted by molar-refractivity contribution is 0.629. The maximum Gasteiger partial charge on any atom is 0.138 e. The topological polar surface area (TPSA) is 28.7 Å². The number of halogens is 1. The van der Waals surface area contributed by atoms with Gasteiger partial charge in [-0.15, -0.1) is 0 Å².